The van der Waals surface area contributed by atoms with Crippen molar-refractivity contribution in [2.45, 2.75) is 19.9 Å². The molecular weight excluding hydrogens is 373 g/mol. The summed E-state index contributed by atoms with van der Waals surface area (Å²) >= 11 is 11.6. The van der Waals surface area contributed by atoms with Gasteiger partial charge in [-0.1, -0.05) is 36.7 Å². The summed E-state index contributed by atoms with van der Waals surface area (Å²) in [5.74, 6) is -0.189. The highest BCUT2D eigenvalue weighted by Gasteiger charge is 2.27. The minimum Gasteiger partial charge on any atom is -0.496 e. The molecule has 0 aliphatic rings. The molecule has 0 fully saturated rings. The fraction of sp³-hybridized carbons (Fsp3) is 0.200. The van der Waals surface area contributed by atoms with E-state index < -0.39 is 11.0 Å². The second-order valence-corrected chi connectivity index (χ2v) is 6.63. The molecule has 2 aromatic carbocycles. The third-order valence-corrected chi connectivity index (χ3v) is 4.76. The van der Waals surface area contributed by atoms with Crippen molar-refractivity contribution in [3.8, 4) is 5.75 Å². The number of ether oxygens (including phenoxy) is 1. The maximum Gasteiger partial charge on any atom is 0.293 e. The number of aromatic nitrogens is 1. The Bertz CT molecular complexity index is 1010. The van der Waals surface area contributed by atoms with Gasteiger partial charge in [0.25, 0.3) is 5.24 Å². The lowest BCUT2D eigenvalue weighted by atomic mass is 10.0. The molecule has 0 aliphatic carbocycles. The molecule has 26 heavy (non-hydrogen) atoms. The van der Waals surface area contributed by atoms with E-state index in [2.05, 4.69) is 0 Å². The van der Waals surface area contributed by atoms with Gasteiger partial charge in [0.05, 0.1) is 23.6 Å². The molecule has 0 radical (unpaired) electrons. The Labute approximate surface area is 161 Å². The second-order valence-electron chi connectivity index (χ2n) is 5.85. The fourth-order valence-electron chi connectivity index (χ4n) is 3.30. The topological polar surface area (TPSA) is 48.3 Å². The van der Waals surface area contributed by atoms with Gasteiger partial charge in [-0.25, -0.2) is 0 Å². The molecule has 0 N–H and O–H groups in total. The van der Waals surface area contributed by atoms with E-state index in [0.29, 0.717) is 34.7 Å². The summed E-state index contributed by atoms with van der Waals surface area (Å²) in [6, 6.07) is 13.0. The van der Waals surface area contributed by atoms with Crippen molar-refractivity contribution in [1.29, 1.82) is 0 Å². The SMILES string of the molecule is CCc1c(C(=O)C(=O)Cl)c2c(OC)cccc2n1Cc1cccc(Cl)c1. The van der Waals surface area contributed by atoms with Crippen molar-refractivity contribution in [3.05, 3.63) is 64.3 Å². The van der Waals surface area contributed by atoms with Gasteiger partial charge in [0.1, 0.15) is 5.75 Å². The van der Waals surface area contributed by atoms with Crippen LogP contribution in [-0.2, 0) is 17.8 Å². The van der Waals surface area contributed by atoms with Crippen LogP contribution in [0.1, 0.15) is 28.5 Å². The van der Waals surface area contributed by atoms with Crippen LogP contribution >= 0.6 is 23.2 Å². The van der Waals surface area contributed by atoms with Gasteiger partial charge in [-0.05, 0) is 47.9 Å². The number of methoxy groups -OCH3 is 1. The molecule has 0 saturated heterocycles. The number of halogens is 2. The first kappa shape index (κ1) is 18.5. The minimum atomic E-state index is -1.01. The van der Waals surface area contributed by atoms with Gasteiger partial charge in [-0.3, -0.25) is 9.59 Å². The van der Waals surface area contributed by atoms with Crippen molar-refractivity contribution >= 4 is 45.1 Å². The van der Waals surface area contributed by atoms with Crippen molar-refractivity contribution < 1.29 is 14.3 Å². The summed E-state index contributed by atoms with van der Waals surface area (Å²) in [6.45, 7) is 2.45. The van der Waals surface area contributed by atoms with Gasteiger partial charge < -0.3 is 9.30 Å². The summed E-state index contributed by atoms with van der Waals surface area (Å²) in [5.41, 5.74) is 2.84. The summed E-state index contributed by atoms with van der Waals surface area (Å²) in [4.78, 5) is 24.2. The molecule has 0 aliphatic heterocycles. The maximum atomic E-state index is 12.6. The number of carbonyl (C=O) groups excluding carboxylic acids is 2. The molecule has 134 valence electrons. The molecular formula is C20H17Cl2NO3. The molecule has 3 aromatic rings. The highest BCUT2D eigenvalue weighted by molar-refractivity contribution is 6.83. The zero-order valence-corrected chi connectivity index (χ0v) is 15.9. The van der Waals surface area contributed by atoms with E-state index in [1.807, 2.05) is 47.9 Å². The molecule has 0 atom stereocenters. The van der Waals surface area contributed by atoms with E-state index in [1.54, 1.807) is 6.07 Å². The lowest BCUT2D eigenvalue weighted by Crippen LogP contribution is -2.12. The zero-order chi connectivity index (χ0) is 18.8. The van der Waals surface area contributed by atoms with Crippen LogP contribution in [0.5, 0.6) is 5.75 Å². The fourth-order valence-corrected chi connectivity index (χ4v) is 3.61. The molecule has 0 amide bonds. The summed E-state index contributed by atoms with van der Waals surface area (Å²) in [6.07, 6.45) is 0.559. The van der Waals surface area contributed by atoms with Crippen molar-refractivity contribution in [2.75, 3.05) is 7.11 Å². The van der Waals surface area contributed by atoms with Crippen LogP contribution in [-0.4, -0.2) is 22.7 Å². The van der Waals surface area contributed by atoms with Crippen LogP contribution in [0.2, 0.25) is 5.02 Å². The van der Waals surface area contributed by atoms with Gasteiger partial charge in [-0.15, -0.1) is 0 Å². The number of carbonyl (C=O) groups is 2. The number of hydrogen-bond donors (Lipinski definition) is 0. The van der Waals surface area contributed by atoms with Crippen LogP contribution in [0.4, 0.5) is 0 Å². The quantitative estimate of drug-likeness (QED) is 0.343. The molecule has 0 unspecified atom stereocenters. The average molecular weight is 390 g/mol. The Morgan fingerprint density at radius 1 is 1.15 bits per heavy atom. The highest BCUT2D eigenvalue weighted by atomic mass is 35.5. The predicted octanol–water partition coefficient (Wildman–Crippen LogP) is 4.86. The third-order valence-electron chi connectivity index (χ3n) is 4.35. The van der Waals surface area contributed by atoms with E-state index in [9.17, 15) is 9.59 Å². The Kier molecular flexibility index (Phi) is 5.35. The highest BCUT2D eigenvalue weighted by Crippen LogP contribution is 2.35. The van der Waals surface area contributed by atoms with Gasteiger partial charge in [0.15, 0.2) is 0 Å². The monoisotopic (exact) mass is 389 g/mol. The van der Waals surface area contributed by atoms with Gasteiger partial charge in [-0.2, -0.15) is 0 Å². The summed E-state index contributed by atoms with van der Waals surface area (Å²) < 4.78 is 7.45. The minimum absolute atomic E-state index is 0.307. The van der Waals surface area contributed by atoms with Crippen molar-refractivity contribution in [2.24, 2.45) is 0 Å². The van der Waals surface area contributed by atoms with Crippen LogP contribution in [0, 0.1) is 0 Å². The van der Waals surface area contributed by atoms with E-state index in [1.165, 1.54) is 7.11 Å². The molecule has 0 spiro atoms. The summed E-state index contributed by atoms with van der Waals surface area (Å²) in [7, 11) is 1.53. The Morgan fingerprint density at radius 2 is 1.88 bits per heavy atom. The van der Waals surface area contributed by atoms with Gasteiger partial charge >= 0.3 is 0 Å². The van der Waals surface area contributed by atoms with Crippen LogP contribution in [0.3, 0.4) is 0 Å². The number of rotatable bonds is 6. The first-order valence-electron chi connectivity index (χ1n) is 8.14. The van der Waals surface area contributed by atoms with Crippen LogP contribution < -0.4 is 4.74 Å². The first-order valence-corrected chi connectivity index (χ1v) is 8.90. The second kappa shape index (κ2) is 7.52. The van der Waals surface area contributed by atoms with E-state index in [0.717, 1.165) is 16.8 Å². The van der Waals surface area contributed by atoms with E-state index >= 15 is 0 Å². The number of nitrogens with zero attached hydrogens (tertiary/aromatic N) is 1. The number of fused-ring (bicyclic) bond motifs is 1. The third kappa shape index (κ3) is 3.22. The van der Waals surface area contributed by atoms with E-state index in [4.69, 9.17) is 27.9 Å². The van der Waals surface area contributed by atoms with Crippen LogP contribution in [0.15, 0.2) is 42.5 Å². The predicted molar refractivity (Wildman–Crippen MR) is 104 cm³/mol. The molecule has 4 nitrogen and oxygen atoms in total. The van der Waals surface area contributed by atoms with Crippen molar-refractivity contribution in [3.63, 3.8) is 0 Å². The molecule has 3 rings (SSSR count). The van der Waals surface area contributed by atoms with Gasteiger partial charge in [0.2, 0.25) is 5.78 Å². The van der Waals surface area contributed by atoms with E-state index in [-0.39, 0.29) is 0 Å². The summed E-state index contributed by atoms with van der Waals surface area (Å²) in [5, 5.41) is 0.238. The smallest absolute Gasteiger partial charge is 0.293 e. The normalized spacial score (nSPS) is 10.9. The first-order chi connectivity index (χ1) is 12.5. The Morgan fingerprint density at radius 3 is 2.50 bits per heavy atom. The zero-order valence-electron chi connectivity index (χ0n) is 14.4. The molecule has 6 heteroatoms. The lowest BCUT2D eigenvalue weighted by molar-refractivity contribution is -0.108. The van der Waals surface area contributed by atoms with Crippen molar-refractivity contribution in [1.82, 2.24) is 4.57 Å². The number of benzene rings is 2. The largest absolute Gasteiger partial charge is 0.496 e. The molecule has 0 saturated carbocycles. The Hall–Kier alpha value is -2.30. The van der Waals surface area contributed by atoms with Gasteiger partial charge in [0, 0.05) is 17.3 Å². The Balaban J connectivity index is 2.32. The molecule has 1 aromatic heterocycles. The maximum absolute atomic E-state index is 12.6. The molecule has 0 bridgehead atoms. The van der Waals surface area contributed by atoms with Crippen LogP contribution in [0.25, 0.3) is 10.9 Å². The average Bonchev–Trinajstić information content (AvgIpc) is 2.94. The number of ketones is 1. The number of hydrogen-bond acceptors (Lipinski definition) is 3. The standard InChI is InChI=1S/C20H17Cl2NO3/c1-3-14-18(19(24)20(22)25)17-15(8-5-9-16(17)26-2)23(14)11-12-6-4-7-13(21)10-12/h4-10H,3,11H2,1-2H3. The lowest BCUT2D eigenvalue weighted by Gasteiger charge is -2.11. The molecule has 1 heterocycles. The number of Topliss-reactive ketones (excluding diaryl/α,β-unsaturated/α-hetero) is 1.